The first-order valence-electron chi connectivity index (χ1n) is 7.58. The summed E-state index contributed by atoms with van der Waals surface area (Å²) < 4.78 is 1.42. The van der Waals surface area contributed by atoms with E-state index in [1.807, 2.05) is 0 Å². The summed E-state index contributed by atoms with van der Waals surface area (Å²) in [6.07, 6.45) is 3.06. The maximum atomic E-state index is 12.6. The number of amides is 3. The number of halogens is 1. The van der Waals surface area contributed by atoms with E-state index in [1.165, 1.54) is 10.6 Å². The summed E-state index contributed by atoms with van der Waals surface area (Å²) in [5.41, 5.74) is 0.188. The SMILES string of the molecule is C=CCNC(=O)NC(=O)CSc1nc2cc(Cl)ccc2c(=O)n1CC=C. The fourth-order valence-corrected chi connectivity index (χ4v) is 3.05. The number of benzene rings is 1. The van der Waals surface area contributed by atoms with E-state index in [2.05, 4.69) is 28.8 Å². The smallest absolute Gasteiger partial charge is 0.321 e. The van der Waals surface area contributed by atoms with Crippen molar-refractivity contribution in [3.05, 3.63) is 58.9 Å². The van der Waals surface area contributed by atoms with Gasteiger partial charge in [-0.3, -0.25) is 19.5 Å². The third-order valence-electron chi connectivity index (χ3n) is 3.19. The number of carbonyl (C=O) groups excluding carboxylic acids is 2. The quantitative estimate of drug-likeness (QED) is 0.428. The fraction of sp³-hybridized carbons (Fsp3) is 0.176. The van der Waals surface area contributed by atoms with Gasteiger partial charge in [-0.25, -0.2) is 9.78 Å². The van der Waals surface area contributed by atoms with Gasteiger partial charge in [-0.05, 0) is 18.2 Å². The van der Waals surface area contributed by atoms with Crippen molar-refractivity contribution < 1.29 is 9.59 Å². The lowest BCUT2D eigenvalue weighted by Gasteiger charge is -2.11. The van der Waals surface area contributed by atoms with Gasteiger partial charge in [0.25, 0.3) is 5.56 Å². The second kappa shape index (κ2) is 9.21. The predicted octanol–water partition coefficient (Wildman–Crippen LogP) is 2.34. The van der Waals surface area contributed by atoms with Crippen LogP contribution in [-0.2, 0) is 11.3 Å². The van der Waals surface area contributed by atoms with Crippen molar-refractivity contribution in [1.82, 2.24) is 20.2 Å². The van der Waals surface area contributed by atoms with Crippen LogP contribution in [0.2, 0.25) is 5.02 Å². The average Bonchev–Trinajstić information content (AvgIpc) is 2.60. The molecule has 3 amide bonds. The van der Waals surface area contributed by atoms with E-state index < -0.39 is 11.9 Å². The molecule has 1 aromatic carbocycles. The van der Waals surface area contributed by atoms with Gasteiger partial charge in [0.1, 0.15) is 0 Å². The van der Waals surface area contributed by atoms with Crippen LogP contribution in [0.15, 0.2) is 53.5 Å². The van der Waals surface area contributed by atoms with Crippen LogP contribution in [0.25, 0.3) is 10.9 Å². The number of hydrogen-bond acceptors (Lipinski definition) is 5. The minimum Gasteiger partial charge on any atom is -0.334 e. The maximum Gasteiger partial charge on any atom is 0.321 e. The van der Waals surface area contributed by atoms with Crippen LogP contribution in [0.5, 0.6) is 0 Å². The summed E-state index contributed by atoms with van der Waals surface area (Å²) in [7, 11) is 0. The van der Waals surface area contributed by atoms with E-state index in [4.69, 9.17) is 11.6 Å². The van der Waals surface area contributed by atoms with Crippen LogP contribution >= 0.6 is 23.4 Å². The molecular weight excluding hydrogens is 376 g/mol. The molecule has 2 aromatic rings. The lowest BCUT2D eigenvalue weighted by atomic mass is 10.2. The van der Waals surface area contributed by atoms with Crippen molar-refractivity contribution in [1.29, 1.82) is 0 Å². The molecule has 9 heteroatoms. The lowest BCUT2D eigenvalue weighted by molar-refractivity contribution is -0.117. The van der Waals surface area contributed by atoms with E-state index in [9.17, 15) is 14.4 Å². The molecule has 0 atom stereocenters. The summed E-state index contributed by atoms with van der Waals surface area (Å²) >= 11 is 7.01. The molecule has 0 aliphatic rings. The molecule has 26 heavy (non-hydrogen) atoms. The van der Waals surface area contributed by atoms with E-state index in [-0.39, 0.29) is 24.4 Å². The Bertz CT molecular complexity index is 926. The zero-order valence-electron chi connectivity index (χ0n) is 13.8. The first kappa shape index (κ1) is 19.7. The van der Waals surface area contributed by atoms with Crippen molar-refractivity contribution >= 4 is 46.2 Å². The molecule has 0 fully saturated rings. The largest absolute Gasteiger partial charge is 0.334 e. The fourth-order valence-electron chi connectivity index (χ4n) is 2.08. The third-order valence-corrected chi connectivity index (χ3v) is 4.40. The highest BCUT2D eigenvalue weighted by Crippen LogP contribution is 2.20. The molecule has 0 saturated heterocycles. The van der Waals surface area contributed by atoms with Gasteiger partial charge >= 0.3 is 6.03 Å². The Hall–Kier alpha value is -2.58. The molecule has 0 unspecified atom stereocenters. The number of rotatable bonds is 7. The topological polar surface area (TPSA) is 93.1 Å². The summed E-state index contributed by atoms with van der Waals surface area (Å²) in [4.78, 5) is 40.4. The van der Waals surface area contributed by atoms with Crippen LogP contribution < -0.4 is 16.2 Å². The number of thioether (sulfide) groups is 1. The molecule has 0 aliphatic heterocycles. The van der Waals surface area contributed by atoms with Crippen molar-refractivity contribution in [2.24, 2.45) is 0 Å². The van der Waals surface area contributed by atoms with E-state index >= 15 is 0 Å². The van der Waals surface area contributed by atoms with Gasteiger partial charge in [-0.15, -0.1) is 13.2 Å². The average molecular weight is 393 g/mol. The summed E-state index contributed by atoms with van der Waals surface area (Å²) in [5.74, 6) is -0.598. The van der Waals surface area contributed by atoms with Crippen LogP contribution in [0.3, 0.4) is 0 Å². The molecule has 0 bridgehead atoms. The number of carbonyl (C=O) groups is 2. The zero-order valence-corrected chi connectivity index (χ0v) is 15.4. The second-order valence-corrected chi connectivity index (χ2v) is 6.47. The van der Waals surface area contributed by atoms with Crippen LogP contribution in [0, 0.1) is 0 Å². The Labute approximate surface area is 159 Å². The summed E-state index contributed by atoms with van der Waals surface area (Å²) in [6.45, 7) is 7.59. The minimum atomic E-state index is -0.614. The Kier molecular flexibility index (Phi) is 6.99. The molecule has 0 spiro atoms. The van der Waals surface area contributed by atoms with Gasteiger partial charge in [-0.2, -0.15) is 0 Å². The number of allylic oxidation sites excluding steroid dienone is 1. The van der Waals surface area contributed by atoms with Crippen LogP contribution in [0.4, 0.5) is 4.79 Å². The Morgan fingerprint density at radius 2 is 2.08 bits per heavy atom. The Morgan fingerprint density at radius 3 is 2.77 bits per heavy atom. The van der Waals surface area contributed by atoms with Crippen molar-refractivity contribution in [2.45, 2.75) is 11.7 Å². The van der Waals surface area contributed by atoms with Gasteiger partial charge in [-0.1, -0.05) is 35.5 Å². The molecular formula is C17H17ClN4O3S. The van der Waals surface area contributed by atoms with Crippen molar-refractivity contribution in [2.75, 3.05) is 12.3 Å². The van der Waals surface area contributed by atoms with Crippen molar-refractivity contribution in [3.63, 3.8) is 0 Å². The predicted molar refractivity (Wildman–Crippen MR) is 104 cm³/mol. The number of nitrogens with zero attached hydrogens (tertiary/aromatic N) is 2. The first-order valence-corrected chi connectivity index (χ1v) is 8.95. The normalized spacial score (nSPS) is 10.3. The molecule has 0 aliphatic carbocycles. The van der Waals surface area contributed by atoms with Crippen molar-refractivity contribution in [3.8, 4) is 0 Å². The highest BCUT2D eigenvalue weighted by Gasteiger charge is 2.14. The standard InChI is InChI=1S/C17H17ClN4O3S/c1-3-7-19-16(25)21-14(23)10-26-17-20-13-9-11(18)5-6-12(13)15(24)22(17)8-4-2/h3-6,9H,1-2,7-8,10H2,(H2,19,21,23,25). The summed E-state index contributed by atoms with van der Waals surface area (Å²) in [6, 6.07) is 4.20. The van der Waals surface area contributed by atoms with Gasteiger partial charge in [0.05, 0.1) is 16.7 Å². The zero-order chi connectivity index (χ0) is 19.1. The number of fused-ring (bicyclic) bond motifs is 1. The number of hydrogen-bond donors (Lipinski definition) is 2. The second-order valence-electron chi connectivity index (χ2n) is 5.10. The highest BCUT2D eigenvalue weighted by atomic mass is 35.5. The van der Waals surface area contributed by atoms with E-state index in [0.717, 1.165) is 11.8 Å². The molecule has 1 heterocycles. The van der Waals surface area contributed by atoms with Gasteiger partial charge in [0, 0.05) is 18.1 Å². The molecule has 0 radical (unpaired) electrons. The van der Waals surface area contributed by atoms with Gasteiger partial charge in [0.2, 0.25) is 5.91 Å². The molecule has 2 N–H and O–H groups in total. The van der Waals surface area contributed by atoms with Crippen LogP contribution in [-0.4, -0.2) is 33.8 Å². The van der Waals surface area contributed by atoms with E-state index in [1.54, 1.807) is 24.3 Å². The molecule has 2 rings (SSSR count). The Morgan fingerprint density at radius 1 is 1.31 bits per heavy atom. The molecule has 7 nitrogen and oxygen atoms in total. The Balaban J connectivity index is 2.22. The maximum absolute atomic E-state index is 12.6. The molecule has 1 aromatic heterocycles. The monoisotopic (exact) mass is 392 g/mol. The van der Waals surface area contributed by atoms with Gasteiger partial charge < -0.3 is 5.32 Å². The number of urea groups is 1. The van der Waals surface area contributed by atoms with Gasteiger partial charge in [0.15, 0.2) is 5.16 Å². The van der Waals surface area contributed by atoms with Crippen LogP contribution in [0.1, 0.15) is 0 Å². The molecule has 0 saturated carbocycles. The third kappa shape index (κ3) is 4.96. The number of aromatic nitrogens is 2. The van der Waals surface area contributed by atoms with E-state index in [0.29, 0.717) is 21.1 Å². The lowest BCUT2D eigenvalue weighted by Crippen LogP contribution is -2.40. The minimum absolute atomic E-state index is 0.0861. The molecule has 136 valence electrons. The number of imide groups is 1. The number of nitrogens with one attached hydrogen (secondary N) is 2. The summed E-state index contributed by atoms with van der Waals surface area (Å²) in [5, 5.41) is 5.84. The first-order chi connectivity index (χ1) is 12.5. The highest BCUT2D eigenvalue weighted by molar-refractivity contribution is 7.99.